The van der Waals surface area contributed by atoms with Gasteiger partial charge in [0.15, 0.2) is 0 Å². The summed E-state index contributed by atoms with van der Waals surface area (Å²) in [5, 5.41) is 0. The van der Waals surface area contributed by atoms with Gasteiger partial charge in [-0.1, -0.05) is 48.5 Å². The number of sulfonamides is 1. The van der Waals surface area contributed by atoms with Crippen LogP contribution in [0.25, 0.3) is 0 Å². The second-order valence-corrected chi connectivity index (χ2v) is 11.3. The van der Waals surface area contributed by atoms with Gasteiger partial charge < -0.3 is 9.80 Å². The highest BCUT2D eigenvalue weighted by Crippen LogP contribution is 2.26. The number of piperidine rings is 1. The highest BCUT2D eigenvalue weighted by molar-refractivity contribution is 7.89. The molecular formula is C26H36ClN3O3S. The lowest BCUT2D eigenvalue weighted by Crippen LogP contribution is -2.45. The van der Waals surface area contributed by atoms with Gasteiger partial charge in [0, 0.05) is 45.7 Å². The van der Waals surface area contributed by atoms with Crippen molar-refractivity contribution in [3.63, 3.8) is 0 Å². The highest BCUT2D eigenvalue weighted by Gasteiger charge is 2.31. The molecule has 0 bridgehead atoms. The SMILES string of the molecule is CN(CC(CCN1CCC(N2CCCC2=O)CC1)c1ccccc1)S(=O)(=O)c1ccccc1.Cl. The molecule has 2 aliphatic heterocycles. The van der Waals surface area contributed by atoms with E-state index in [1.807, 2.05) is 24.3 Å². The molecule has 34 heavy (non-hydrogen) atoms. The fraction of sp³-hybridized carbons (Fsp3) is 0.500. The van der Waals surface area contributed by atoms with E-state index >= 15 is 0 Å². The van der Waals surface area contributed by atoms with Crippen molar-refractivity contribution in [2.75, 3.05) is 39.8 Å². The summed E-state index contributed by atoms with van der Waals surface area (Å²) in [6.07, 6.45) is 4.66. The summed E-state index contributed by atoms with van der Waals surface area (Å²) in [6.45, 7) is 4.28. The van der Waals surface area contributed by atoms with Crippen molar-refractivity contribution < 1.29 is 13.2 Å². The third-order valence-electron chi connectivity index (χ3n) is 7.10. The van der Waals surface area contributed by atoms with E-state index in [0.29, 0.717) is 29.8 Å². The average molecular weight is 506 g/mol. The summed E-state index contributed by atoms with van der Waals surface area (Å²) >= 11 is 0. The Balaban J connectivity index is 0.00000324. The zero-order valence-corrected chi connectivity index (χ0v) is 21.5. The van der Waals surface area contributed by atoms with Gasteiger partial charge in [0.05, 0.1) is 4.90 Å². The van der Waals surface area contributed by atoms with Crippen molar-refractivity contribution in [3.8, 4) is 0 Å². The van der Waals surface area contributed by atoms with Crippen LogP contribution < -0.4 is 0 Å². The molecule has 2 saturated heterocycles. The van der Waals surface area contributed by atoms with E-state index in [9.17, 15) is 13.2 Å². The van der Waals surface area contributed by atoms with Crippen LogP contribution in [0.5, 0.6) is 0 Å². The van der Waals surface area contributed by atoms with Crippen molar-refractivity contribution in [2.45, 2.75) is 49.0 Å². The minimum atomic E-state index is -3.52. The standard InChI is InChI=1S/C26H35N3O3S.ClH/c1-27(33(31,32)25-11-6-3-7-12-25)21-23(22-9-4-2-5-10-22)14-18-28-19-15-24(16-20-28)29-17-8-13-26(29)30;/h2-7,9-12,23-24H,8,13-21H2,1H3;1H. The van der Waals surface area contributed by atoms with Gasteiger partial charge in [-0.05, 0) is 55.8 Å². The molecule has 1 amide bonds. The van der Waals surface area contributed by atoms with Crippen LogP contribution in [0, 0.1) is 0 Å². The summed E-state index contributed by atoms with van der Waals surface area (Å²) in [6, 6.07) is 19.3. The topological polar surface area (TPSA) is 60.9 Å². The Morgan fingerprint density at radius 3 is 2.18 bits per heavy atom. The maximum Gasteiger partial charge on any atom is 0.242 e. The molecule has 186 valence electrons. The van der Waals surface area contributed by atoms with E-state index in [0.717, 1.165) is 51.9 Å². The number of hydrogen-bond acceptors (Lipinski definition) is 4. The number of halogens is 1. The smallest absolute Gasteiger partial charge is 0.242 e. The number of likely N-dealkylation sites (tertiary alicyclic amines) is 2. The van der Waals surface area contributed by atoms with E-state index in [-0.39, 0.29) is 18.3 Å². The van der Waals surface area contributed by atoms with E-state index < -0.39 is 10.0 Å². The molecule has 1 unspecified atom stereocenters. The van der Waals surface area contributed by atoms with Crippen molar-refractivity contribution in [1.29, 1.82) is 0 Å². The largest absolute Gasteiger partial charge is 0.340 e. The minimum absolute atomic E-state index is 0. The lowest BCUT2D eigenvalue weighted by molar-refractivity contribution is -0.130. The first-order valence-corrected chi connectivity index (χ1v) is 13.5. The Labute approximate surface area is 210 Å². The molecule has 0 aliphatic carbocycles. The number of carbonyl (C=O) groups is 1. The lowest BCUT2D eigenvalue weighted by atomic mass is 9.94. The molecule has 2 fully saturated rings. The number of hydrogen-bond donors (Lipinski definition) is 0. The molecule has 2 aliphatic rings. The van der Waals surface area contributed by atoms with Crippen LogP contribution in [-0.2, 0) is 14.8 Å². The van der Waals surface area contributed by atoms with Gasteiger partial charge in [0.25, 0.3) is 0 Å². The fourth-order valence-electron chi connectivity index (χ4n) is 5.12. The molecular weight excluding hydrogens is 470 g/mol. The number of rotatable bonds is 9. The molecule has 2 aromatic carbocycles. The van der Waals surface area contributed by atoms with Gasteiger partial charge in [0.1, 0.15) is 0 Å². The number of nitrogens with zero attached hydrogens (tertiary/aromatic N) is 3. The van der Waals surface area contributed by atoms with Gasteiger partial charge in [0.2, 0.25) is 15.9 Å². The number of benzene rings is 2. The average Bonchev–Trinajstić information content (AvgIpc) is 3.28. The third kappa shape index (κ3) is 6.39. The lowest BCUT2D eigenvalue weighted by Gasteiger charge is -2.37. The first kappa shape index (κ1) is 26.7. The Morgan fingerprint density at radius 2 is 1.59 bits per heavy atom. The molecule has 4 rings (SSSR count). The zero-order valence-electron chi connectivity index (χ0n) is 19.9. The molecule has 6 nitrogen and oxygen atoms in total. The maximum atomic E-state index is 13.1. The first-order chi connectivity index (χ1) is 15.9. The van der Waals surface area contributed by atoms with Gasteiger partial charge >= 0.3 is 0 Å². The Hall–Kier alpha value is -1.93. The molecule has 0 radical (unpaired) electrons. The van der Waals surface area contributed by atoms with Crippen LogP contribution in [-0.4, -0.2) is 74.2 Å². The van der Waals surface area contributed by atoms with E-state index in [4.69, 9.17) is 0 Å². The van der Waals surface area contributed by atoms with E-state index in [2.05, 4.69) is 21.9 Å². The van der Waals surface area contributed by atoms with Crippen molar-refractivity contribution >= 4 is 28.3 Å². The second-order valence-electron chi connectivity index (χ2n) is 9.26. The summed E-state index contributed by atoms with van der Waals surface area (Å²) in [4.78, 5) is 17.0. The van der Waals surface area contributed by atoms with Crippen molar-refractivity contribution in [3.05, 3.63) is 66.2 Å². The van der Waals surface area contributed by atoms with Gasteiger partial charge in [-0.25, -0.2) is 12.7 Å². The molecule has 0 spiro atoms. The summed E-state index contributed by atoms with van der Waals surface area (Å²) in [5.41, 5.74) is 1.17. The zero-order chi connectivity index (χ0) is 23.3. The predicted octanol–water partition coefficient (Wildman–Crippen LogP) is 3.99. The normalized spacial score (nSPS) is 18.8. The Bertz CT molecular complexity index is 1010. The molecule has 2 heterocycles. The van der Waals surface area contributed by atoms with E-state index in [1.165, 1.54) is 9.87 Å². The molecule has 1 atom stereocenters. The highest BCUT2D eigenvalue weighted by atomic mass is 35.5. The monoisotopic (exact) mass is 505 g/mol. The van der Waals surface area contributed by atoms with Crippen molar-refractivity contribution in [1.82, 2.24) is 14.1 Å². The third-order valence-corrected chi connectivity index (χ3v) is 8.94. The van der Waals surface area contributed by atoms with Crippen LogP contribution >= 0.6 is 12.4 Å². The van der Waals surface area contributed by atoms with Gasteiger partial charge in [-0.15, -0.1) is 12.4 Å². The van der Waals surface area contributed by atoms with Crippen LogP contribution in [0.3, 0.4) is 0 Å². The molecule has 2 aromatic rings. The van der Waals surface area contributed by atoms with E-state index in [1.54, 1.807) is 31.3 Å². The first-order valence-electron chi connectivity index (χ1n) is 12.0. The van der Waals surface area contributed by atoms with Crippen LogP contribution in [0.15, 0.2) is 65.6 Å². The summed E-state index contributed by atoms with van der Waals surface area (Å²) < 4.78 is 27.6. The van der Waals surface area contributed by atoms with Crippen molar-refractivity contribution in [2.24, 2.45) is 0 Å². The molecule has 0 N–H and O–H groups in total. The maximum absolute atomic E-state index is 13.1. The van der Waals surface area contributed by atoms with Crippen LogP contribution in [0.2, 0.25) is 0 Å². The quantitative estimate of drug-likeness (QED) is 0.517. The summed E-state index contributed by atoms with van der Waals surface area (Å²) in [7, 11) is -1.85. The molecule has 8 heteroatoms. The van der Waals surface area contributed by atoms with Crippen LogP contribution in [0.4, 0.5) is 0 Å². The van der Waals surface area contributed by atoms with Gasteiger partial charge in [-0.3, -0.25) is 4.79 Å². The second kappa shape index (κ2) is 12.2. The van der Waals surface area contributed by atoms with Crippen LogP contribution in [0.1, 0.15) is 43.6 Å². The molecule has 0 aromatic heterocycles. The number of carbonyl (C=O) groups excluding carboxylic acids is 1. The Morgan fingerprint density at radius 1 is 0.971 bits per heavy atom. The predicted molar refractivity (Wildman–Crippen MR) is 138 cm³/mol. The number of amides is 1. The molecule has 0 saturated carbocycles. The fourth-order valence-corrected chi connectivity index (χ4v) is 6.35. The van der Waals surface area contributed by atoms with Gasteiger partial charge in [-0.2, -0.15) is 0 Å². The summed E-state index contributed by atoms with van der Waals surface area (Å²) in [5.74, 6) is 0.438. The number of likely N-dealkylation sites (N-methyl/N-ethyl adjacent to an activating group) is 1. The Kier molecular flexibility index (Phi) is 9.54. The minimum Gasteiger partial charge on any atom is -0.340 e.